The summed E-state index contributed by atoms with van der Waals surface area (Å²) < 4.78 is 38.0. The molecule has 0 aliphatic carbocycles. The Balaban J connectivity index is 1.42. The third-order valence-electron chi connectivity index (χ3n) is 4.49. The van der Waals surface area contributed by atoms with Gasteiger partial charge in [-0.2, -0.15) is 13.2 Å². The Hall–Kier alpha value is -2.47. The highest BCUT2D eigenvalue weighted by Gasteiger charge is 2.33. The first-order valence-electron chi connectivity index (χ1n) is 9.74. The van der Waals surface area contributed by atoms with Crippen LogP contribution < -0.4 is 15.5 Å². The van der Waals surface area contributed by atoms with Crippen LogP contribution in [-0.2, 0) is 12.7 Å². The van der Waals surface area contributed by atoms with Crippen LogP contribution in [0.15, 0.2) is 28.8 Å². The lowest BCUT2D eigenvalue weighted by Crippen LogP contribution is -2.49. The molecule has 0 aromatic carbocycles. The number of nitrogens with zero attached hydrogens (tertiary/aromatic N) is 6. The normalized spacial score (nSPS) is 16.0. The molecule has 1 aliphatic rings. The van der Waals surface area contributed by atoms with Gasteiger partial charge in [0.1, 0.15) is 5.01 Å². The summed E-state index contributed by atoms with van der Waals surface area (Å²) in [6.45, 7) is 7.77. The second-order valence-electron chi connectivity index (χ2n) is 6.62. The smallest absolute Gasteiger partial charge is 0.357 e. The van der Waals surface area contributed by atoms with Crippen molar-refractivity contribution in [2.45, 2.75) is 19.6 Å². The molecule has 164 valence electrons. The van der Waals surface area contributed by atoms with Gasteiger partial charge in [-0.1, -0.05) is 0 Å². The molecule has 30 heavy (non-hydrogen) atoms. The molecule has 0 spiro atoms. The molecule has 3 rings (SSSR count). The van der Waals surface area contributed by atoms with Gasteiger partial charge in [-0.3, -0.25) is 4.90 Å². The van der Waals surface area contributed by atoms with Gasteiger partial charge in [-0.05, 0) is 13.0 Å². The Labute approximate surface area is 177 Å². The van der Waals surface area contributed by atoms with E-state index in [-0.39, 0.29) is 6.54 Å². The minimum Gasteiger partial charge on any atom is -0.357 e. The maximum atomic E-state index is 12.7. The highest BCUT2D eigenvalue weighted by Crippen LogP contribution is 2.30. The summed E-state index contributed by atoms with van der Waals surface area (Å²) in [7, 11) is 0. The number of aromatic nitrogens is 3. The van der Waals surface area contributed by atoms with E-state index in [4.69, 9.17) is 0 Å². The summed E-state index contributed by atoms with van der Waals surface area (Å²) in [6.07, 6.45) is -0.927. The number of thiazole rings is 1. The lowest BCUT2D eigenvalue weighted by molar-refractivity contribution is -0.140. The Bertz CT molecular complexity index is 803. The Morgan fingerprint density at radius 2 is 1.90 bits per heavy atom. The maximum Gasteiger partial charge on any atom is 0.434 e. The second-order valence-corrected chi connectivity index (χ2v) is 7.57. The molecular formula is C18H25F3N8S. The number of hydrogen-bond acceptors (Lipinski definition) is 7. The van der Waals surface area contributed by atoms with E-state index in [1.165, 1.54) is 0 Å². The van der Waals surface area contributed by atoms with Gasteiger partial charge in [0.25, 0.3) is 0 Å². The molecule has 12 heteroatoms. The zero-order valence-electron chi connectivity index (χ0n) is 16.7. The third kappa shape index (κ3) is 6.52. The van der Waals surface area contributed by atoms with Crippen molar-refractivity contribution in [3.63, 3.8) is 0 Å². The second kappa shape index (κ2) is 10.5. The van der Waals surface area contributed by atoms with Crippen molar-refractivity contribution in [2.24, 2.45) is 4.99 Å². The fourth-order valence-corrected chi connectivity index (χ4v) is 3.68. The summed E-state index contributed by atoms with van der Waals surface area (Å²) in [6, 6.07) is 1.80. The molecule has 0 saturated carbocycles. The summed E-state index contributed by atoms with van der Waals surface area (Å²) >= 11 is 0.965. The number of nitrogens with one attached hydrogen (secondary N) is 2. The molecule has 2 N–H and O–H groups in total. The summed E-state index contributed by atoms with van der Waals surface area (Å²) in [5.74, 6) is 1.32. The predicted molar refractivity (Wildman–Crippen MR) is 111 cm³/mol. The summed E-state index contributed by atoms with van der Waals surface area (Å²) in [5.41, 5.74) is -0.865. The molecule has 1 fully saturated rings. The minimum atomic E-state index is -4.42. The van der Waals surface area contributed by atoms with Gasteiger partial charge in [-0.15, -0.1) is 11.3 Å². The van der Waals surface area contributed by atoms with Crippen LogP contribution in [0.3, 0.4) is 0 Å². The van der Waals surface area contributed by atoms with Crippen LogP contribution in [0.2, 0.25) is 0 Å². The van der Waals surface area contributed by atoms with Crippen LogP contribution in [0.4, 0.5) is 19.1 Å². The average molecular weight is 443 g/mol. The fraction of sp³-hybridized carbons (Fsp3) is 0.556. The number of anilines is 1. The molecule has 0 atom stereocenters. The van der Waals surface area contributed by atoms with E-state index in [0.717, 1.165) is 55.4 Å². The zero-order chi connectivity index (χ0) is 21.4. The highest BCUT2D eigenvalue weighted by atomic mass is 32.1. The lowest BCUT2D eigenvalue weighted by atomic mass is 10.3. The fourth-order valence-electron chi connectivity index (χ4n) is 2.96. The first-order chi connectivity index (χ1) is 14.5. The zero-order valence-corrected chi connectivity index (χ0v) is 17.5. The maximum absolute atomic E-state index is 12.7. The largest absolute Gasteiger partial charge is 0.434 e. The molecule has 0 bridgehead atoms. The van der Waals surface area contributed by atoms with E-state index in [1.807, 2.05) is 6.92 Å². The monoisotopic (exact) mass is 442 g/mol. The molecule has 0 radical (unpaired) electrons. The van der Waals surface area contributed by atoms with Gasteiger partial charge in [0.05, 0.1) is 6.54 Å². The Kier molecular flexibility index (Phi) is 7.80. The van der Waals surface area contributed by atoms with Crippen molar-refractivity contribution < 1.29 is 13.2 Å². The number of hydrogen-bond donors (Lipinski definition) is 2. The van der Waals surface area contributed by atoms with Crippen molar-refractivity contribution in [3.8, 4) is 0 Å². The van der Waals surface area contributed by atoms with Crippen LogP contribution in [0.5, 0.6) is 0 Å². The van der Waals surface area contributed by atoms with Gasteiger partial charge in [0, 0.05) is 63.6 Å². The number of halogens is 3. The van der Waals surface area contributed by atoms with Gasteiger partial charge in [0.2, 0.25) is 5.95 Å². The van der Waals surface area contributed by atoms with E-state index in [2.05, 4.69) is 40.4 Å². The lowest BCUT2D eigenvalue weighted by Gasteiger charge is -2.34. The number of rotatable bonds is 7. The van der Waals surface area contributed by atoms with Crippen molar-refractivity contribution in [1.82, 2.24) is 30.5 Å². The standard InChI is InChI=1S/C18H25F3N8S/c1-2-22-16(26-12-15-27-14(13-30-15)18(19,20)21)23-6-7-28-8-10-29(11-9-28)17-24-4-3-5-25-17/h3-5,13H,2,6-12H2,1H3,(H2,22,23,26). The van der Waals surface area contributed by atoms with E-state index in [9.17, 15) is 13.2 Å². The third-order valence-corrected chi connectivity index (χ3v) is 5.32. The van der Waals surface area contributed by atoms with Crippen LogP contribution in [0, 0.1) is 0 Å². The van der Waals surface area contributed by atoms with E-state index < -0.39 is 11.9 Å². The van der Waals surface area contributed by atoms with Gasteiger partial charge in [0.15, 0.2) is 11.7 Å². The van der Waals surface area contributed by atoms with E-state index in [1.54, 1.807) is 18.5 Å². The number of guanidine groups is 1. The average Bonchev–Trinajstić information content (AvgIpc) is 3.23. The van der Waals surface area contributed by atoms with Crippen molar-refractivity contribution >= 4 is 23.2 Å². The Morgan fingerprint density at radius 3 is 2.53 bits per heavy atom. The molecule has 1 aliphatic heterocycles. The van der Waals surface area contributed by atoms with Crippen molar-refractivity contribution in [1.29, 1.82) is 0 Å². The number of alkyl halides is 3. The predicted octanol–water partition coefficient (Wildman–Crippen LogP) is 1.83. The topological polar surface area (TPSA) is 81.6 Å². The van der Waals surface area contributed by atoms with Gasteiger partial charge >= 0.3 is 6.18 Å². The Morgan fingerprint density at radius 1 is 1.17 bits per heavy atom. The number of aliphatic imine (C=N–C) groups is 1. The molecule has 8 nitrogen and oxygen atoms in total. The quantitative estimate of drug-likeness (QED) is 0.500. The molecule has 0 unspecified atom stereocenters. The molecule has 0 amide bonds. The highest BCUT2D eigenvalue weighted by molar-refractivity contribution is 7.09. The molecule has 2 aromatic heterocycles. The van der Waals surface area contributed by atoms with Crippen LogP contribution >= 0.6 is 11.3 Å². The minimum absolute atomic E-state index is 0.103. The van der Waals surface area contributed by atoms with Crippen LogP contribution in [0.1, 0.15) is 17.6 Å². The van der Waals surface area contributed by atoms with Crippen molar-refractivity contribution in [3.05, 3.63) is 34.5 Å². The molecule has 1 saturated heterocycles. The first kappa shape index (κ1) is 22.2. The van der Waals surface area contributed by atoms with Crippen LogP contribution in [0.25, 0.3) is 0 Å². The van der Waals surface area contributed by atoms with Gasteiger partial charge in [-0.25, -0.2) is 19.9 Å². The molecular weight excluding hydrogens is 417 g/mol. The van der Waals surface area contributed by atoms with Crippen LogP contribution in [-0.4, -0.2) is 71.6 Å². The number of piperazine rings is 1. The summed E-state index contributed by atoms with van der Waals surface area (Å²) in [4.78, 5) is 21.0. The molecule has 3 heterocycles. The van der Waals surface area contributed by atoms with E-state index in [0.29, 0.717) is 24.1 Å². The van der Waals surface area contributed by atoms with Gasteiger partial charge < -0.3 is 15.5 Å². The SMILES string of the molecule is CCNC(=NCc1nc(C(F)(F)F)cs1)NCCN1CCN(c2ncccn2)CC1. The van der Waals surface area contributed by atoms with E-state index >= 15 is 0 Å². The van der Waals surface area contributed by atoms with Crippen molar-refractivity contribution in [2.75, 3.05) is 50.7 Å². The summed E-state index contributed by atoms with van der Waals surface area (Å²) in [5, 5.41) is 7.69. The molecule has 2 aromatic rings. The first-order valence-corrected chi connectivity index (χ1v) is 10.6.